The Labute approximate surface area is 148 Å². The standard InChI is InChI=1S/C17H26ClN3O3/c1-5-6-12(2)19-16(22)10-21(3)11-17(23)20-14-9-13(18)7-8-15(14)24-4/h7-9,12H,5-6,10-11H2,1-4H3,(H,19,22)(H,20,23)/t12-/m0/s1. The molecule has 0 saturated carbocycles. The fraction of sp³-hybridized carbons (Fsp3) is 0.529. The average Bonchev–Trinajstić information content (AvgIpc) is 2.46. The van der Waals surface area contributed by atoms with Gasteiger partial charge in [-0.1, -0.05) is 24.9 Å². The normalized spacial score (nSPS) is 11.9. The molecule has 0 saturated heterocycles. The zero-order valence-corrected chi connectivity index (χ0v) is 15.4. The van der Waals surface area contributed by atoms with Crippen LogP contribution in [0.4, 0.5) is 5.69 Å². The second kappa shape index (κ2) is 10.2. The van der Waals surface area contributed by atoms with Crippen molar-refractivity contribution >= 4 is 29.1 Å². The molecule has 0 heterocycles. The number of amides is 2. The molecule has 2 N–H and O–H groups in total. The summed E-state index contributed by atoms with van der Waals surface area (Å²) in [5.74, 6) is 0.195. The number of likely N-dealkylation sites (N-methyl/N-ethyl adjacent to an activating group) is 1. The summed E-state index contributed by atoms with van der Waals surface area (Å²) in [5, 5.41) is 6.16. The zero-order chi connectivity index (χ0) is 18.1. The highest BCUT2D eigenvalue weighted by Gasteiger charge is 2.14. The molecule has 0 aromatic heterocycles. The van der Waals surface area contributed by atoms with Gasteiger partial charge in [-0.05, 0) is 38.6 Å². The summed E-state index contributed by atoms with van der Waals surface area (Å²) in [5.41, 5.74) is 0.504. The number of hydrogen-bond donors (Lipinski definition) is 2. The number of anilines is 1. The van der Waals surface area contributed by atoms with Crippen molar-refractivity contribution in [1.29, 1.82) is 0 Å². The van der Waals surface area contributed by atoms with Crippen LogP contribution in [0.25, 0.3) is 0 Å². The second-order valence-corrected chi connectivity index (χ2v) is 6.26. The maximum Gasteiger partial charge on any atom is 0.238 e. The van der Waals surface area contributed by atoms with Gasteiger partial charge < -0.3 is 15.4 Å². The Morgan fingerprint density at radius 2 is 1.96 bits per heavy atom. The van der Waals surface area contributed by atoms with E-state index in [4.69, 9.17) is 16.3 Å². The van der Waals surface area contributed by atoms with Crippen LogP contribution in [-0.2, 0) is 9.59 Å². The Kier molecular flexibility index (Phi) is 8.57. The van der Waals surface area contributed by atoms with Crippen molar-refractivity contribution in [2.75, 3.05) is 32.6 Å². The third-order valence-corrected chi connectivity index (χ3v) is 3.63. The second-order valence-electron chi connectivity index (χ2n) is 5.82. The van der Waals surface area contributed by atoms with Crippen LogP contribution >= 0.6 is 11.6 Å². The van der Waals surface area contributed by atoms with E-state index >= 15 is 0 Å². The molecule has 0 fully saturated rings. The van der Waals surface area contributed by atoms with Crippen LogP contribution in [0.5, 0.6) is 5.75 Å². The van der Waals surface area contributed by atoms with Crippen LogP contribution in [0.1, 0.15) is 26.7 Å². The highest BCUT2D eigenvalue weighted by Crippen LogP contribution is 2.27. The number of rotatable bonds is 9. The van der Waals surface area contributed by atoms with E-state index in [1.165, 1.54) is 7.11 Å². The first-order valence-electron chi connectivity index (χ1n) is 7.97. The monoisotopic (exact) mass is 355 g/mol. The summed E-state index contributed by atoms with van der Waals surface area (Å²) in [6.45, 7) is 4.29. The van der Waals surface area contributed by atoms with Crippen LogP contribution in [0.3, 0.4) is 0 Å². The molecule has 7 heteroatoms. The van der Waals surface area contributed by atoms with Gasteiger partial charge in [-0.25, -0.2) is 0 Å². The summed E-state index contributed by atoms with van der Waals surface area (Å²) >= 11 is 5.94. The van der Waals surface area contributed by atoms with Gasteiger partial charge in [-0.15, -0.1) is 0 Å². The number of halogens is 1. The molecule has 0 aliphatic heterocycles. The zero-order valence-electron chi connectivity index (χ0n) is 14.7. The predicted octanol–water partition coefficient (Wildman–Crippen LogP) is 2.52. The average molecular weight is 356 g/mol. The van der Waals surface area contributed by atoms with Crippen molar-refractivity contribution in [3.05, 3.63) is 23.2 Å². The first-order chi connectivity index (χ1) is 11.3. The van der Waals surface area contributed by atoms with E-state index in [1.54, 1.807) is 30.1 Å². The summed E-state index contributed by atoms with van der Waals surface area (Å²) in [6.07, 6.45) is 1.95. The van der Waals surface area contributed by atoms with E-state index in [2.05, 4.69) is 17.6 Å². The summed E-state index contributed by atoms with van der Waals surface area (Å²) in [6, 6.07) is 5.13. The Morgan fingerprint density at radius 3 is 2.58 bits per heavy atom. The van der Waals surface area contributed by atoms with Crippen molar-refractivity contribution in [1.82, 2.24) is 10.2 Å². The lowest BCUT2D eigenvalue weighted by atomic mass is 10.2. The maximum atomic E-state index is 12.1. The molecule has 0 spiro atoms. The summed E-state index contributed by atoms with van der Waals surface area (Å²) < 4.78 is 5.19. The number of nitrogens with zero attached hydrogens (tertiary/aromatic N) is 1. The number of carbonyl (C=O) groups excluding carboxylic acids is 2. The van der Waals surface area contributed by atoms with Crippen molar-refractivity contribution in [2.24, 2.45) is 0 Å². The minimum Gasteiger partial charge on any atom is -0.495 e. The molecule has 6 nitrogen and oxygen atoms in total. The van der Waals surface area contributed by atoms with Crippen molar-refractivity contribution in [2.45, 2.75) is 32.7 Å². The largest absolute Gasteiger partial charge is 0.495 e. The Hall–Kier alpha value is -1.79. The molecule has 0 bridgehead atoms. The first kappa shape index (κ1) is 20.3. The SMILES string of the molecule is CCC[C@H](C)NC(=O)CN(C)CC(=O)Nc1cc(Cl)ccc1OC. The third kappa shape index (κ3) is 7.19. The van der Waals surface area contributed by atoms with E-state index in [0.29, 0.717) is 16.5 Å². The molecule has 1 rings (SSSR count). The lowest BCUT2D eigenvalue weighted by Gasteiger charge is -2.19. The van der Waals surface area contributed by atoms with Gasteiger partial charge in [-0.3, -0.25) is 14.5 Å². The predicted molar refractivity (Wildman–Crippen MR) is 96.6 cm³/mol. The van der Waals surface area contributed by atoms with Crippen molar-refractivity contribution in [3.63, 3.8) is 0 Å². The number of benzene rings is 1. The van der Waals surface area contributed by atoms with Crippen molar-refractivity contribution in [3.8, 4) is 5.75 Å². The van der Waals surface area contributed by atoms with Gasteiger partial charge in [0.25, 0.3) is 0 Å². The van der Waals surface area contributed by atoms with E-state index < -0.39 is 0 Å². The highest BCUT2D eigenvalue weighted by atomic mass is 35.5. The molecule has 24 heavy (non-hydrogen) atoms. The Bertz CT molecular complexity index is 566. The minimum absolute atomic E-state index is 0.0885. The molecule has 0 unspecified atom stereocenters. The molecular weight excluding hydrogens is 330 g/mol. The van der Waals surface area contributed by atoms with Gasteiger partial charge in [0.15, 0.2) is 0 Å². The quantitative estimate of drug-likeness (QED) is 0.714. The lowest BCUT2D eigenvalue weighted by molar-refractivity contribution is -0.123. The minimum atomic E-state index is -0.243. The van der Waals surface area contributed by atoms with Crippen LogP contribution in [0.15, 0.2) is 18.2 Å². The van der Waals surface area contributed by atoms with Crippen LogP contribution in [0.2, 0.25) is 5.02 Å². The molecule has 1 aromatic rings. The molecule has 0 aliphatic carbocycles. The Balaban J connectivity index is 2.50. The number of hydrogen-bond acceptors (Lipinski definition) is 4. The molecule has 2 amide bonds. The smallest absolute Gasteiger partial charge is 0.238 e. The van der Waals surface area contributed by atoms with Gasteiger partial charge in [0, 0.05) is 11.1 Å². The molecular formula is C17H26ClN3O3. The molecule has 0 radical (unpaired) electrons. The number of ether oxygens (including phenoxy) is 1. The maximum absolute atomic E-state index is 12.1. The highest BCUT2D eigenvalue weighted by molar-refractivity contribution is 6.31. The lowest BCUT2D eigenvalue weighted by Crippen LogP contribution is -2.41. The van der Waals surface area contributed by atoms with Crippen LogP contribution < -0.4 is 15.4 Å². The fourth-order valence-corrected chi connectivity index (χ4v) is 2.51. The van der Waals surface area contributed by atoms with E-state index in [1.807, 2.05) is 6.92 Å². The summed E-state index contributed by atoms with van der Waals surface area (Å²) in [4.78, 5) is 25.7. The van der Waals surface area contributed by atoms with Gasteiger partial charge in [0.1, 0.15) is 5.75 Å². The van der Waals surface area contributed by atoms with Gasteiger partial charge in [0.2, 0.25) is 11.8 Å². The van der Waals surface area contributed by atoms with E-state index in [0.717, 1.165) is 12.8 Å². The molecule has 0 aliphatic rings. The topological polar surface area (TPSA) is 70.7 Å². The number of methoxy groups -OCH3 is 1. The van der Waals surface area contributed by atoms with Gasteiger partial charge >= 0.3 is 0 Å². The molecule has 1 atom stereocenters. The van der Waals surface area contributed by atoms with E-state index in [-0.39, 0.29) is 30.9 Å². The third-order valence-electron chi connectivity index (χ3n) is 3.39. The number of carbonyl (C=O) groups is 2. The van der Waals surface area contributed by atoms with Crippen LogP contribution in [0, 0.1) is 0 Å². The van der Waals surface area contributed by atoms with Crippen LogP contribution in [-0.4, -0.2) is 50.0 Å². The van der Waals surface area contributed by atoms with Crippen molar-refractivity contribution < 1.29 is 14.3 Å². The van der Waals surface area contributed by atoms with Gasteiger partial charge in [0.05, 0.1) is 25.9 Å². The molecule has 1 aromatic carbocycles. The Morgan fingerprint density at radius 1 is 1.29 bits per heavy atom. The molecule has 134 valence electrons. The van der Waals surface area contributed by atoms with E-state index in [9.17, 15) is 9.59 Å². The first-order valence-corrected chi connectivity index (χ1v) is 8.34. The summed E-state index contributed by atoms with van der Waals surface area (Å²) in [7, 11) is 3.24. The fourth-order valence-electron chi connectivity index (χ4n) is 2.34. The number of nitrogens with one attached hydrogen (secondary N) is 2. The van der Waals surface area contributed by atoms with Gasteiger partial charge in [-0.2, -0.15) is 0 Å².